The van der Waals surface area contributed by atoms with E-state index >= 15 is 0 Å². The van der Waals surface area contributed by atoms with E-state index in [2.05, 4.69) is 19.2 Å². The van der Waals surface area contributed by atoms with Gasteiger partial charge in [0.1, 0.15) is 11.5 Å². The average Bonchev–Trinajstić information content (AvgIpc) is 3.04. The highest BCUT2D eigenvalue weighted by atomic mass is 32.2. The maximum Gasteiger partial charge on any atom is 0.251 e. The van der Waals surface area contributed by atoms with Crippen molar-refractivity contribution in [3.8, 4) is 5.75 Å². The van der Waals surface area contributed by atoms with Crippen LogP contribution in [0.2, 0.25) is 0 Å². The first kappa shape index (κ1) is 23.6. The molecule has 0 bridgehead atoms. The van der Waals surface area contributed by atoms with Crippen molar-refractivity contribution in [2.75, 3.05) is 26.0 Å². The fraction of sp³-hybridized carbons (Fsp3) is 0.667. The molecule has 0 aromatic heterocycles. The van der Waals surface area contributed by atoms with Gasteiger partial charge in [-0.15, -0.1) is 0 Å². The molecular weight excluding hydrogens is 392 g/mol. The summed E-state index contributed by atoms with van der Waals surface area (Å²) in [6.45, 7) is 8.50. The number of hydrogen-bond donors (Lipinski definition) is 1. The molecule has 1 aliphatic heterocycles. The molecule has 8 heteroatoms. The number of ether oxygens (including phenoxy) is 2. The third-order valence-corrected chi connectivity index (χ3v) is 7.34. The summed E-state index contributed by atoms with van der Waals surface area (Å²) in [6, 6.07) is 6.51. The molecule has 164 valence electrons. The van der Waals surface area contributed by atoms with Crippen LogP contribution in [0.5, 0.6) is 5.75 Å². The van der Waals surface area contributed by atoms with Crippen LogP contribution >= 0.6 is 0 Å². The molecule has 0 radical (unpaired) electrons. The Bertz CT molecular complexity index is 779. The Kier molecular flexibility index (Phi) is 8.08. The number of benzene rings is 1. The predicted octanol–water partition coefficient (Wildman–Crippen LogP) is 3.02. The van der Waals surface area contributed by atoms with E-state index < -0.39 is 15.7 Å². The Morgan fingerprint density at radius 2 is 2.00 bits per heavy atom. The highest BCUT2D eigenvalue weighted by Crippen LogP contribution is 2.36. The van der Waals surface area contributed by atoms with Gasteiger partial charge >= 0.3 is 0 Å². The van der Waals surface area contributed by atoms with Crippen molar-refractivity contribution in [1.29, 1.82) is 0 Å². The maximum absolute atomic E-state index is 13.1. The van der Waals surface area contributed by atoms with Gasteiger partial charge in [0.2, 0.25) is 10.0 Å². The van der Waals surface area contributed by atoms with E-state index in [0.29, 0.717) is 36.7 Å². The molecule has 7 nitrogen and oxygen atoms in total. The molecule has 1 fully saturated rings. The van der Waals surface area contributed by atoms with Crippen LogP contribution in [0.3, 0.4) is 0 Å². The average molecular weight is 427 g/mol. The number of amides is 1. The van der Waals surface area contributed by atoms with Gasteiger partial charge in [-0.05, 0) is 56.4 Å². The van der Waals surface area contributed by atoms with E-state index in [4.69, 9.17) is 9.47 Å². The molecule has 1 aromatic rings. The standard InChI is InChI=1S/C21H34N2O5S/c1-6-18-15-28-21(4,12-11-16(2)3)23(18)29(25,26)14-13-22-20(24)17-7-9-19(27-5)10-8-17/h7-10,16,18H,6,11-15H2,1-5H3,(H,22,24)/t18-,21-/m1/s1. The lowest BCUT2D eigenvalue weighted by atomic mass is 10.0. The van der Waals surface area contributed by atoms with Gasteiger partial charge in [0.05, 0.1) is 25.5 Å². The van der Waals surface area contributed by atoms with E-state index in [9.17, 15) is 13.2 Å². The van der Waals surface area contributed by atoms with Gasteiger partial charge in [-0.1, -0.05) is 20.8 Å². The van der Waals surface area contributed by atoms with Gasteiger partial charge in [0, 0.05) is 12.1 Å². The first-order valence-corrected chi connectivity index (χ1v) is 11.8. The lowest BCUT2D eigenvalue weighted by molar-refractivity contribution is -0.0433. The Balaban J connectivity index is 2.02. The molecule has 29 heavy (non-hydrogen) atoms. The first-order valence-electron chi connectivity index (χ1n) is 10.2. The molecule has 2 rings (SSSR count). The van der Waals surface area contributed by atoms with Crippen LogP contribution in [0.1, 0.15) is 57.3 Å². The molecule has 1 heterocycles. The quantitative estimate of drug-likeness (QED) is 0.622. The Hall–Kier alpha value is -1.64. The van der Waals surface area contributed by atoms with Gasteiger partial charge in [-0.2, -0.15) is 4.31 Å². The molecule has 1 N–H and O–H groups in total. The van der Waals surface area contributed by atoms with Crippen LogP contribution < -0.4 is 10.1 Å². The second kappa shape index (κ2) is 9.91. The minimum Gasteiger partial charge on any atom is -0.497 e. The van der Waals surface area contributed by atoms with Crippen LogP contribution in [0.25, 0.3) is 0 Å². The first-order chi connectivity index (χ1) is 13.6. The molecule has 1 amide bonds. The van der Waals surface area contributed by atoms with Crippen molar-refractivity contribution in [3.05, 3.63) is 29.8 Å². The topological polar surface area (TPSA) is 84.9 Å². The van der Waals surface area contributed by atoms with Gasteiger partial charge in [0.15, 0.2) is 0 Å². The smallest absolute Gasteiger partial charge is 0.251 e. The largest absolute Gasteiger partial charge is 0.497 e. The molecule has 0 spiro atoms. The number of methoxy groups -OCH3 is 1. The summed E-state index contributed by atoms with van der Waals surface area (Å²) in [5.74, 6) is 0.649. The second-order valence-electron chi connectivity index (χ2n) is 8.08. The van der Waals surface area contributed by atoms with Crippen molar-refractivity contribution < 1.29 is 22.7 Å². The number of nitrogens with one attached hydrogen (secondary N) is 1. The molecule has 1 saturated heterocycles. The summed E-state index contributed by atoms with van der Waals surface area (Å²) >= 11 is 0. The highest BCUT2D eigenvalue weighted by Gasteiger charge is 2.49. The Labute approximate surface area is 174 Å². The van der Waals surface area contributed by atoms with E-state index in [1.165, 1.54) is 0 Å². The normalized spacial score (nSPS) is 22.8. The zero-order valence-electron chi connectivity index (χ0n) is 18.1. The summed E-state index contributed by atoms with van der Waals surface area (Å²) in [6.07, 6.45) is 2.22. The molecule has 0 saturated carbocycles. The molecule has 0 aliphatic carbocycles. The summed E-state index contributed by atoms with van der Waals surface area (Å²) in [4.78, 5) is 12.3. The van der Waals surface area contributed by atoms with Gasteiger partial charge in [-0.25, -0.2) is 8.42 Å². The van der Waals surface area contributed by atoms with Crippen LogP contribution in [0.4, 0.5) is 0 Å². The van der Waals surface area contributed by atoms with E-state index in [1.807, 2.05) is 13.8 Å². The third-order valence-electron chi connectivity index (χ3n) is 5.34. The Morgan fingerprint density at radius 3 is 2.55 bits per heavy atom. The summed E-state index contributed by atoms with van der Waals surface area (Å²) in [5, 5.41) is 2.70. The molecule has 1 aromatic carbocycles. The summed E-state index contributed by atoms with van der Waals surface area (Å²) in [5.41, 5.74) is -0.370. The van der Waals surface area contributed by atoms with Crippen LogP contribution in [0.15, 0.2) is 24.3 Å². The van der Waals surface area contributed by atoms with Gasteiger partial charge in [-0.3, -0.25) is 4.79 Å². The molecule has 0 unspecified atom stereocenters. The monoisotopic (exact) mass is 426 g/mol. The van der Waals surface area contributed by atoms with E-state index in [-0.39, 0.29) is 24.2 Å². The maximum atomic E-state index is 13.1. The number of rotatable bonds is 10. The minimum absolute atomic E-state index is 0.0421. The number of sulfonamides is 1. The van der Waals surface area contributed by atoms with Gasteiger partial charge < -0.3 is 14.8 Å². The molecular formula is C21H34N2O5S. The van der Waals surface area contributed by atoms with Crippen LogP contribution in [-0.2, 0) is 14.8 Å². The molecule has 1 aliphatic rings. The number of carbonyl (C=O) groups excluding carboxylic acids is 1. The summed E-state index contributed by atoms with van der Waals surface area (Å²) < 4.78 is 38.9. The fourth-order valence-corrected chi connectivity index (χ4v) is 5.53. The number of hydrogen-bond acceptors (Lipinski definition) is 5. The summed E-state index contributed by atoms with van der Waals surface area (Å²) in [7, 11) is -2.04. The van der Waals surface area contributed by atoms with Crippen molar-refractivity contribution in [1.82, 2.24) is 9.62 Å². The number of nitrogens with zero attached hydrogens (tertiary/aromatic N) is 1. The predicted molar refractivity (Wildman–Crippen MR) is 113 cm³/mol. The number of carbonyl (C=O) groups is 1. The lowest BCUT2D eigenvalue weighted by Crippen LogP contribution is -2.51. The van der Waals surface area contributed by atoms with E-state index in [1.54, 1.807) is 35.7 Å². The van der Waals surface area contributed by atoms with E-state index in [0.717, 1.165) is 6.42 Å². The van der Waals surface area contributed by atoms with Crippen LogP contribution in [0, 0.1) is 5.92 Å². The van der Waals surface area contributed by atoms with Crippen molar-refractivity contribution in [2.24, 2.45) is 5.92 Å². The highest BCUT2D eigenvalue weighted by molar-refractivity contribution is 7.89. The zero-order chi connectivity index (χ0) is 21.7. The third kappa shape index (κ3) is 5.93. The van der Waals surface area contributed by atoms with Crippen LogP contribution in [-0.4, -0.2) is 56.4 Å². The SMILES string of the molecule is CC[C@@H]1CO[C@](C)(CCC(C)C)N1S(=O)(=O)CCNC(=O)c1ccc(OC)cc1. The van der Waals surface area contributed by atoms with Gasteiger partial charge in [0.25, 0.3) is 5.91 Å². The fourth-order valence-electron chi connectivity index (χ4n) is 3.57. The Morgan fingerprint density at radius 1 is 1.34 bits per heavy atom. The van der Waals surface area contributed by atoms with Crippen molar-refractivity contribution in [2.45, 2.75) is 58.7 Å². The lowest BCUT2D eigenvalue weighted by Gasteiger charge is -2.36. The minimum atomic E-state index is -3.59. The van der Waals surface area contributed by atoms with Crippen molar-refractivity contribution >= 4 is 15.9 Å². The second-order valence-corrected chi connectivity index (χ2v) is 10.0. The zero-order valence-corrected chi connectivity index (χ0v) is 18.9. The molecule has 2 atom stereocenters. The van der Waals surface area contributed by atoms with Crippen molar-refractivity contribution in [3.63, 3.8) is 0 Å².